The van der Waals surface area contributed by atoms with E-state index >= 15 is 0 Å². The molecule has 0 bridgehead atoms. The minimum atomic E-state index is -0.532. The van der Waals surface area contributed by atoms with Crippen LogP contribution < -0.4 is 16.2 Å². The van der Waals surface area contributed by atoms with Gasteiger partial charge in [-0.1, -0.05) is 18.2 Å². The summed E-state index contributed by atoms with van der Waals surface area (Å²) >= 11 is 0. The van der Waals surface area contributed by atoms with E-state index in [0.717, 1.165) is 25.0 Å². The van der Waals surface area contributed by atoms with Gasteiger partial charge in [-0.2, -0.15) is 0 Å². The molecule has 4 aromatic rings. The molecule has 0 radical (unpaired) electrons. The van der Waals surface area contributed by atoms with Crippen LogP contribution in [0, 0.1) is 5.41 Å². The van der Waals surface area contributed by atoms with E-state index in [2.05, 4.69) is 9.97 Å². The molecule has 0 unspecified atom stereocenters. The van der Waals surface area contributed by atoms with E-state index in [4.69, 9.17) is 15.2 Å². The summed E-state index contributed by atoms with van der Waals surface area (Å²) in [4.78, 5) is 36.9. The number of hydrogen-bond acceptors (Lipinski definition) is 7. The summed E-state index contributed by atoms with van der Waals surface area (Å²) in [6, 6.07) is 16.8. The first-order chi connectivity index (χ1) is 18.6. The Balaban J connectivity index is 1.26. The lowest BCUT2D eigenvalue weighted by Gasteiger charge is -2.45. The smallest absolute Gasteiger partial charge is 0.410 e. The number of benzene rings is 2. The largest absolute Gasteiger partial charge is 0.457 e. The van der Waals surface area contributed by atoms with Crippen molar-refractivity contribution in [3.05, 3.63) is 71.4 Å². The zero-order valence-corrected chi connectivity index (χ0v) is 22.3. The molecule has 1 spiro atoms. The number of nitrogen functional groups attached to an aromatic ring is 1. The number of anilines is 1. The Bertz CT molecular complexity index is 1580. The number of fused-ring (bicyclic) bond motifs is 1. The van der Waals surface area contributed by atoms with Gasteiger partial charge in [-0.25, -0.2) is 19.6 Å². The highest BCUT2D eigenvalue weighted by molar-refractivity contribution is 5.84. The van der Waals surface area contributed by atoms with Crippen molar-refractivity contribution in [3.63, 3.8) is 0 Å². The van der Waals surface area contributed by atoms with E-state index in [1.165, 1.54) is 6.33 Å². The molecule has 1 amide bonds. The third-order valence-corrected chi connectivity index (χ3v) is 7.55. The Labute approximate surface area is 226 Å². The number of nitrogens with two attached hydrogens (primary N) is 1. The molecule has 1 aliphatic heterocycles. The lowest BCUT2D eigenvalue weighted by atomic mass is 9.65. The molecule has 2 aromatic carbocycles. The van der Waals surface area contributed by atoms with Crippen LogP contribution in [0.2, 0.25) is 0 Å². The van der Waals surface area contributed by atoms with Gasteiger partial charge in [-0.3, -0.25) is 9.13 Å². The number of aromatic nitrogens is 4. The van der Waals surface area contributed by atoms with Crippen molar-refractivity contribution >= 4 is 23.1 Å². The summed E-state index contributed by atoms with van der Waals surface area (Å²) in [6.45, 7) is 6.90. The number of carbonyl (C=O) groups excluding carboxylic acids is 1. The number of nitrogens with zero attached hydrogens (tertiary/aromatic N) is 5. The van der Waals surface area contributed by atoms with E-state index in [0.29, 0.717) is 35.7 Å². The minimum Gasteiger partial charge on any atom is -0.457 e. The normalized spacial score (nSPS) is 20.8. The fourth-order valence-electron chi connectivity index (χ4n) is 5.80. The van der Waals surface area contributed by atoms with Gasteiger partial charge in [0.25, 0.3) is 0 Å². The highest BCUT2D eigenvalue weighted by Gasteiger charge is 2.51. The molecule has 10 heteroatoms. The number of amides is 1. The topological polar surface area (TPSA) is 118 Å². The van der Waals surface area contributed by atoms with Crippen LogP contribution in [0.1, 0.15) is 46.1 Å². The van der Waals surface area contributed by atoms with Crippen molar-refractivity contribution in [2.75, 3.05) is 18.8 Å². The third kappa shape index (κ3) is 4.60. The second kappa shape index (κ2) is 9.14. The Morgan fingerprint density at radius 2 is 1.72 bits per heavy atom. The number of imidazole rings is 1. The summed E-state index contributed by atoms with van der Waals surface area (Å²) in [5, 5.41) is 0. The van der Waals surface area contributed by atoms with Crippen molar-refractivity contribution in [2.45, 2.75) is 51.7 Å². The van der Waals surface area contributed by atoms with Gasteiger partial charge in [0.05, 0.1) is 5.69 Å². The van der Waals surface area contributed by atoms with Gasteiger partial charge in [0, 0.05) is 19.1 Å². The Morgan fingerprint density at radius 1 is 1.03 bits per heavy atom. The van der Waals surface area contributed by atoms with Crippen LogP contribution in [0.15, 0.2) is 65.7 Å². The second-order valence-electron chi connectivity index (χ2n) is 11.5. The van der Waals surface area contributed by atoms with E-state index in [9.17, 15) is 9.59 Å². The number of likely N-dealkylation sites (tertiary alicyclic amines) is 1. The first-order valence-corrected chi connectivity index (χ1v) is 13.2. The molecular weight excluding hydrogens is 496 g/mol. The second-order valence-corrected chi connectivity index (χ2v) is 11.5. The molecular formula is C29H32N6O4. The van der Waals surface area contributed by atoms with E-state index in [-0.39, 0.29) is 29.1 Å². The molecule has 0 atom stereocenters. The molecule has 2 aromatic heterocycles. The SMILES string of the molecule is CC(C)(C)OC(=O)N1CCC2(CC(n3c(=O)n(-c4ccc(Oc5ccccc5)cc4)c4c(N)ncnc43)C2)C1. The quantitative estimate of drug-likeness (QED) is 0.400. The van der Waals surface area contributed by atoms with Gasteiger partial charge in [0.1, 0.15) is 28.9 Å². The highest BCUT2D eigenvalue weighted by atomic mass is 16.6. The summed E-state index contributed by atoms with van der Waals surface area (Å²) in [5.74, 6) is 1.63. The van der Waals surface area contributed by atoms with Crippen molar-refractivity contribution in [3.8, 4) is 17.2 Å². The zero-order valence-electron chi connectivity index (χ0n) is 22.3. The molecule has 6 rings (SSSR count). The van der Waals surface area contributed by atoms with Crippen LogP contribution in [0.4, 0.5) is 10.6 Å². The zero-order chi connectivity index (χ0) is 27.4. The molecule has 2 aliphatic rings. The van der Waals surface area contributed by atoms with E-state index in [1.54, 1.807) is 14.0 Å². The Morgan fingerprint density at radius 3 is 2.41 bits per heavy atom. The Kier molecular flexibility index (Phi) is 5.85. The van der Waals surface area contributed by atoms with Crippen molar-refractivity contribution in [2.24, 2.45) is 5.41 Å². The monoisotopic (exact) mass is 528 g/mol. The van der Waals surface area contributed by atoms with Crippen molar-refractivity contribution < 1.29 is 14.3 Å². The third-order valence-electron chi connectivity index (χ3n) is 7.55. The average molecular weight is 529 g/mol. The average Bonchev–Trinajstić information content (AvgIpc) is 3.44. The maximum atomic E-state index is 13.9. The molecule has 1 saturated heterocycles. The van der Waals surface area contributed by atoms with Crippen LogP contribution in [0.3, 0.4) is 0 Å². The van der Waals surface area contributed by atoms with Crippen LogP contribution >= 0.6 is 0 Å². The van der Waals surface area contributed by atoms with Crippen molar-refractivity contribution in [1.82, 2.24) is 24.0 Å². The number of carbonyl (C=O) groups is 1. The highest BCUT2D eigenvalue weighted by Crippen LogP contribution is 2.54. The van der Waals surface area contributed by atoms with E-state index < -0.39 is 5.60 Å². The fourth-order valence-corrected chi connectivity index (χ4v) is 5.80. The summed E-state index contributed by atoms with van der Waals surface area (Å²) in [6.07, 6.45) is 3.55. The van der Waals surface area contributed by atoms with Gasteiger partial charge < -0.3 is 20.1 Å². The van der Waals surface area contributed by atoms with Crippen LogP contribution in [-0.4, -0.2) is 48.8 Å². The van der Waals surface area contributed by atoms with Gasteiger partial charge in [-0.05, 0) is 81.8 Å². The molecule has 202 valence electrons. The standard InChI is InChI=1S/C29H32N6O4/c1-28(2,3)39-27(37)33-14-13-29(17-33)15-20(16-29)35-25-23(24(30)31-18-32-25)34(26(35)36)19-9-11-22(12-10-19)38-21-7-5-4-6-8-21/h4-12,18,20H,13-17H2,1-3H3,(H2,30,31,32). The van der Waals surface area contributed by atoms with Crippen LogP contribution in [-0.2, 0) is 4.74 Å². The maximum absolute atomic E-state index is 13.9. The predicted molar refractivity (Wildman–Crippen MR) is 147 cm³/mol. The lowest BCUT2D eigenvalue weighted by Crippen LogP contribution is -2.45. The predicted octanol–water partition coefficient (Wildman–Crippen LogP) is 4.92. The number of hydrogen-bond donors (Lipinski definition) is 1. The lowest BCUT2D eigenvalue weighted by molar-refractivity contribution is 0.0195. The number of ether oxygens (including phenoxy) is 2. The summed E-state index contributed by atoms with van der Waals surface area (Å²) in [5.41, 5.74) is 7.16. The molecule has 1 aliphatic carbocycles. The first-order valence-electron chi connectivity index (χ1n) is 13.2. The molecule has 2 N–H and O–H groups in total. The number of rotatable bonds is 4. The van der Waals surface area contributed by atoms with Gasteiger partial charge >= 0.3 is 11.8 Å². The summed E-state index contributed by atoms with van der Waals surface area (Å²) in [7, 11) is 0. The number of para-hydroxylation sites is 1. The first kappa shape index (κ1) is 25.0. The fraction of sp³-hybridized carbons (Fsp3) is 0.379. The van der Waals surface area contributed by atoms with Gasteiger partial charge in [0.15, 0.2) is 11.5 Å². The van der Waals surface area contributed by atoms with E-state index in [1.807, 2.05) is 75.4 Å². The molecule has 10 nitrogen and oxygen atoms in total. The molecule has 3 heterocycles. The van der Waals surface area contributed by atoms with Gasteiger partial charge in [0.2, 0.25) is 0 Å². The van der Waals surface area contributed by atoms with Crippen molar-refractivity contribution in [1.29, 1.82) is 0 Å². The summed E-state index contributed by atoms with van der Waals surface area (Å²) < 4.78 is 14.8. The minimum absolute atomic E-state index is 0.0234. The molecule has 39 heavy (non-hydrogen) atoms. The van der Waals surface area contributed by atoms with Crippen LogP contribution in [0.5, 0.6) is 11.5 Å². The molecule has 2 fully saturated rings. The molecule has 1 saturated carbocycles. The Hall–Kier alpha value is -4.34. The maximum Gasteiger partial charge on any atom is 0.410 e. The van der Waals surface area contributed by atoms with Crippen LogP contribution in [0.25, 0.3) is 16.9 Å². The van der Waals surface area contributed by atoms with Gasteiger partial charge in [-0.15, -0.1) is 0 Å².